The minimum Gasteiger partial charge on any atom is -0.480 e. The molecule has 0 bridgehead atoms. The van der Waals surface area contributed by atoms with Gasteiger partial charge in [0.2, 0.25) is 11.8 Å². The summed E-state index contributed by atoms with van der Waals surface area (Å²) in [5.74, 6) is -0.00227. The first-order chi connectivity index (χ1) is 16.3. The van der Waals surface area contributed by atoms with Gasteiger partial charge >= 0.3 is 5.97 Å². The van der Waals surface area contributed by atoms with Crippen LogP contribution in [0.5, 0.6) is 0 Å². The highest BCUT2D eigenvalue weighted by molar-refractivity contribution is 7.99. The normalized spacial score (nSPS) is 18.7. The molecule has 1 aromatic carbocycles. The summed E-state index contributed by atoms with van der Waals surface area (Å²) in [4.78, 5) is 38.4. The van der Waals surface area contributed by atoms with Crippen LogP contribution in [0.25, 0.3) is 6.08 Å². The van der Waals surface area contributed by atoms with Gasteiger partial charge in [0.05, 0.1) is 10.0 Å². The highest BCUT2D eigenvalue weighted by atomic mass is 35.5. The van der Waals surface area contributed by atoms with Crippen LogP contribution in [0.1, 0.15) is 57.4 Å². The van der Waals surface area contributed by atoms with Crippen molar-refractivity contribution in [3.63, 3.8) is 0 Å². The van der Waals surface area contributed by atoms with Crippen LogP contribution in [0.15, 0.2) is 23.1 Å². The van der Waals surface area contributed by atoms with Crippen LogP contribution in [0.2, 0.25) is 10.0 Å². The second kappa shape index (κ2) is 12.8. The molecule has 1 heterocycles. The third-order valence-electron chi connectivity index (χ3n) is 6.59. The van der Waals surface area contributed by atoms with Gasteiger partial charge in [-0.15, -0.1) is 11.8 Å². The first kappa shape index (κ1) is 26.9. The van der Waals surface area contributed by atoms with Crippen LogP contribution in [-0.2, 0) is 14.4 Å². The average molecular weight is 528 g/mol. The van der Waals surface area contributed by atoms with E-state index in [1.165, 1.54) is 45.1 Å². The van der Waals surface area contributed by atoms with Gasteiger partial charge in [0.15, 0.2) is 0 Å². The first-order valence-corrected chi connectivity index (χ1v) is 13.6. The zero-order valence-corrected chi connectivity index (χ0v) is 21.7. The van der Waals surface area contributed by atoms with Crippen molar-refractivity contribution in [2.45, 2.75) is 62.8 Å². The number of likely N-dealkylation sites (tertiary alicyclic amines) is 1. The molecule has 1 atom stereocenters. The summed E-state index contributed by atoms with van der Waals surface area (Å²) in [6, 6.07) is 2.93. The number of hydrogen-bond acceptors (Lipinski definition) is 4. The number of carbonyl (C=O) groups is 3. The molecule has 1 aliphatic carbocycles. The first-order valence-electron chi connectivity index (χ1n) is 11.9. The number of benzene rings is 1. The SMILES string of the molecule is CC(NC(=O)C1CCN(C(=O)/C=C/c2ccc(SCC3CCCCC3)c(Cl)c2Cl)CC1)C(=O)O. The monoisotopic (exact) mass is 526 g/mol. The summed E-state index contributed by atoms with van der Waals surface area (Å²) in [6.45, 7) is 2.31. The third-order valence-corrected chi connectivity index (χ3v) is 8.89. The molecule has 0 aromatic heterocycles. The maximum Gasteiger partial charge on any atom is 0.325 e. The van der Waals surface area contributed by atoms with E-state index in [2.05, 4.69) is 5.32 Å². The second-order valence-electron chi connectivity index (χ2n) is 9.10. The Hall–Kier alpha value is -1.70. The molecule has 6 nitrogen and oxygen atoms in total. The number of piperidine rings is 1. The van der Waals surface area contributed by atoms with Crippen molar-refractivity contribution in [2.24, 2.45) is 11.8 Å². The lowest BCUT2D eigenvalue weighted by Crippen LogP contribution is -2.46. The molecule has 0 spiro atoms. The van der Waals surface area contributed by atoms with Gasteiger partial charge in [0, 0.05) is 35.7 Å². The maximum atomic E-state index is 12.6. The fourth-order valence-corrected chi connectivity index (χ4v) is 6.13. The Balaban J connectivity index is 1.51. The third kappa shape index (κ3) is 7.40. The van der Waals surface area contributed by atoms with E-state index in [0.29, 0.717) is 41.5 Å². The van der Waals surface area contributed by atoms with E-state index in [9.17, 15) is 14.4 Å². The highest BCUT2D eigenvalue weighted by Gasteiger charge is 2.28. The number of rotatable bonds is 8. The summed E-state index contributed by atoms with van der Waals surface area (Å²) >= 11 is 14.8. The van der Waals surface area contributed by atoms with Crippen LogP contribution < -0.4 is 5.32 Å². The number of nitrogens with one attached hydrogen (secondary N) is 1. The van der Waals surface area contributed by atoms with Crippen LogP contribution in [0.4, 0.5) is 0 Å². The molecule has 34 heavy (non-hydrogen) atoms. The van der Waals surface area contributed by atoms with Gasteiger partial charge in [-0.25, -0.2) is 0 Å². The van der Waals surface area contributed by atoms with Crippen LogP contribution in [0.3, 0.4) is 0 Å². The molecular weight excluding hydrogens is 495 g/mol. The molecule has 2 aliphatic rings. The van der Waals surface area contributed by atoms with E-state index >= 15 is 0 Å². The number of aliphatic carboxylic acids is 1. The van der Waals surface area contributed by atoms with Gasteiger partial charge in [-0.05, 0) is 56.2 Å². The lowest BCUT2D eigenvalue weighted by atomic mass is 9.91. The van der Waals surface area contributed by atoms with Crippen molar-refractivity contribution < 1.29 is 19.5 Å². The molecule has 186 valence electrons. The largest absolute Gasteiger partial charge is 0.480 e. The molecule has 1 unspecified atom stereocenters. The Morgan fingerprint density at radius 1 is 1.12 bits per heavy atom. The Kier molecular flexibility index (Phi) is 10.2. The summed E-state index contributed by atoms with van der Waals surface area (Å²) in [5.41, 5.74) is 0.693. The van der Waals surface area contributed by atoms with Gasteiger partial charge in [0.1, 0.15) is 6.04 Å². The Labute approximate surface area is 215 Å². The van der Waals surface area contributed by atoms with E-state index in [1.54, 1.807) is 22.7 Å². The molecule has 1 aromatic rings. The Morgan fingerprint density at radius 3 is 2.44 bits per heavy atom. The molecule has 2 N–H and O–H groups in total. The quantitative estimate of drug-likeness (QED) is 0.344. The fraction of sp³-hybridized carbons (Fsp3) is 0.560. The molecule has 0 radical (unpaired) electrons. The summed E-state index contributed by atoms with van der Waals surface area (Å²) in [7, 11) is 0. The minimum absolute atomic E-state index is 0.152. The van der Waals surface area contributed by atoms with Gasteiger partial charge in [-0.3, -0.25) is 14.4 Å². The number of nitrogens with zero attached hydrogens (tertiary/aromatic N) is 1. The number of carboxylic acids is 1. The number of hydrogen-bond donors (Lipinski definition) is 2. The molecular formula is C25H32Cl2N2O4S. The zero-order chi connectivity index (χ0) is 24.7. The van der Waals surface area contributed by atoms with Gasteiger partial charge in [-0.1, -0.05) is 48.5 Å². The van der Waals surface area contributed by atoms with E-state index in [4.69, 9.17) is 28.3 Å². The van der Waals surface area contributed by atoms with Crippen molar-refractivity contribution in [3.8, 4) is 0 Å². The minimum atomic E-state index is -1.07. The van der Waals surface area contributed by atoms with E-state index in [0.717, 1.165) is 16.6 Å². The van der Waals surface area contributed by atoms with Crippen molar-refractivity contribution in [1.82, 2.24) is 10.2 Å². The molecule has 1 saturated heterocycles. The lowest BCUT2D eigenvalue weighted by Gasteiger charge is -2.31. The van der Waals surface area contributed by atoms with E-state index in [1.807, 2.05) is 12.1 Å². The molecule has 2 fully saturated rings. The second-order valence-corrected chi connectivity index (χ2v) is 10.9. The number of carboxylic acid groups (broad SMARTS) is 1. The molecule has 1 saturated carbocycles. The molecule has 9 heteroatoms. The smallest absolute Gasteiger partial charge is 0.325 e. The topological polar surface area (TPSA) is 86.7 Å². The molecule has 3 rings (SSSR count). The molecule has 2 amide bonds. The van der Waals surface area contributed by atoms with Crippen molar-refractivity contribution in [2.75, 3.05) is 18.8 Å². The summed E-state index contributed by atoms with van der Waals surface area (Å²) in [6.07, 6.45) is 10.7. The summed E-state index contributed by atoms with van der Waals surface area (Å²) < 4.78 is 0. The lowest BCUT2D eigenvalue weighted by molar-refractivity contribution is -0.142. The Bertz CT molecular complexity index is 926. The van der Waals surface area contributed by atoms with Crippen LogP contribution in [-0.4, -0.2) is 52.7 Å². The van der Waals surface area contributed by atoms with Gasteiger partial charge in [-0.2, -0.15) is 0 Å². The van der Waals surface area contributed by atoms with Gasteiger partial charge in [0.25, 0.3) is 0 Å². The standard InChI is InChI=1S/C25H32Cl2N2O4S/c1-16(25(32)33)28-24(31)19-11-13-29(14-12-19)21(30)10-8-18-7-9-20(23(27)22(18)26)34-15-17-5-3-2-4-6-17/h7-10,16-17,19H,2-6,11-15H2,1H3,(H,28,31)(H,32,33)/b10-8+. The van der Waals surface area contributed by atoms with Crippen molar-refractivity contribution in [3.05, 3.63) is 33.8 Å². The average Bonchev–Trinajstić information content (AvgIpc) is 2.84. The molecule has 1 aliphatic heterocycles. The fourth-order valence-electron chi connectivity index (χ4n) is 4.37. The van der Waals surface area contributed by atoms with Crippen molar-refractivity contribution >= 4 is 58.8 Å². The number of halogens is 2. The number of amides is 2. The van der Waals surface area contributed by atoms with Crippen LogP contribution >= 0.6 is 35.0 Å². The predicted molar refractivity (Wildman–Crippen MR) is 137 cm³/mol. The highest BCUT2D eigenvalue weighted by Crippen LogP contribution is 2.38. The van der Waals surface area contributed by atoms with E-state index < -0.39 is 12.0 Å². The van der Waals surface area contributed by atoms with E-state index in [-0.39, 0.29) is 17.7 Å². The maximum absolute atomic E-state index is 12.6. The van der Waals surface area contributed by atoms with Crippen molar-refractivity contribution in [1.29, 1.82) is 0 Å². The zero-order valence-electron chi connectivity index (χ0n) is 19.4. The number of thioether (sulfide) groups is 1. The predicted octanol–water partition coefficient (Wildman–Crippen LogP) is 5.51. The van der Waals surface area contributed by atoms with Gasteiger partial charge < -0.3 is 15.3 Å². The number of carbonyl (C=O) groups excluding carboxylic acids is 2. The summed E-state index contributed by atoms with van der Waals surface area (Å²) in [5, 5.41) is 12.4. The van der Waals surface area contributed by atoms with Crippen LogP contribution in [0, 0.1) is 11.8 Å². The Morgan fingerprint density at radius 2 is 1.79 bits per heavy atom.